The van der Waals surface area contributed by atoms with E-state index in [0.717, 1.165) is 37.6 Å². The van der Waals surface area contributed by atoms with E-state index >= 15 is 0 Å². The number of hydrogen-bond donors (Lipinski definition) is 1. The second-order valence-electron chi connectivity index (χ2n) is 7.34. The lowest BCUT2D eigenvalue weighted by Crippen LogP contribution is -2.22. The van der Waals surface area contributed by atoms with E-state index in [1.807, 2.05) is 19.1 Å². The van der Waals surface area contributed by atoms with Crippen LogP contribution in [0.3, 0.4) is 0 Å². The standard InChI is InChI=1S/C22H23N5O2/c1-16-12-21(25-22(24-16)18-6-5-9-20(13-18)27(28)29)23-14-17-10-11-26(15-17)19-7-3-2-4-8-19/h2-9,12-13,17H,10-11,14-15H2,1H3,(H,23,24,25)/t17-/m1/s1. The van der Waals surface area contributed by atoms with Crippen LogP contribution in [0.15, 0.2) is 60.7 Å². The molecule has 1 fully saturated rings. The van der Waals surface area contributed by atoms with Crippen molar-refractivity contribution in [2.24, 2.45) is 5.92 Å². The third-order valence-electron chi connectivity index (χ3n) is 5.15. The van der Waals surface area contributed by atoms with Gasteiger partial charge < -0.3 is 10.2 Å². The molecule has 7 heteroatoms. The van der Waals surface area contributed by atoms with Crippen LogP contribution in [0, 0.1) is 23.0 Å². The van der Waals surface area contributed by atoms with Gasteiger partial charge in [0.1, 0.15) is 5.82 Å². The molecule has 2 aromatic carbocycles. The van der Waals surface area contributed by atoms with Gasteiger partial charge in [0.2, 0.25) is 0 Å². The summed E-state index contributed by atoms with van der Waals surface area (Å²) >= 11 is 0. The van der Waals surface area contributed by atoms with Gasteiger partial charge >= 0.3 is 0 Å². The number of nitrogens with zero attached hydrogens (tertiary/aromatic N) is 4. The van der Waals surface area contributed by atoms with Crippen molar-refractivity contribution in [3.05, 3.63) is 76.5 Å². The van der Waals surface area contributed by atoms with Gasteiger partial charge in [-0.25, -0.2) is 9.97 Å². The predicted molar refractivity (Wildman–Crippen MR) is 114 cm³/mol. The number of para-hydroxylation sites is 1. The normalized spacial score (nSPS) is 16.0. The summed E-state index contributed by atoms with van der Waals surface area (Å²) in [5.74, 6) is 1.78. The van der Waals surface area contributed by atoms with E-state index in [4.69, 9.17) is 0 Å². The largest absolute Gasteiger partial charge is 0.371 e. The summed E-state index contributed by atoms with van der Waals surface area (Å²) in [5, 5.41) is 14.5. The number of hydrogen-bond acceptors (Lipinski definition) is 6. The number of nitro benzene ring substituents is 1. The van der Waals surface area contributed by atoms with Gasteiger partial charge in [-0.2, -0.15) is 0 Å². The average Bonchev–Trinajstić information content (AvgIpc) is 3.22. The molecular formula is C22H23N5O2. The quantitative estimate of drug-likeness (QED) is 0.500. The van der Waals surface area contributed by atoms with Crippen molar-refractivity contribution in [1.82, 2.24) is 9.97 Å². The SMILES string of the molecule is Cc1cc(NC[C@H]2CCN(c3ccccc3)C2)nc(-c2cccc([N+](=O)[O-])c2)n1. The Morgan fingerprint density at radius 3 is 2.76 bits per heavy atom. The minimum atomic E-state index is -0.406. The van der Waals surface area contributed by atoms with Crippen molar-refractivity contribution in [3.8, 4) is 11.4 Å². The highest BCUT2D eigenvalue weighted by Crippen LogP contribution is 2.25. The van der Waals surface area contributed by atoms with Crippen molar-refractivity contribution >= 4 is 17.2 Å². The van der Waals surface area contributed by atoms with Gasteiger partial charge in [0.05, 0.1) is 4.92 Å². The Morgan fingerprint density at radius 2 is 1.97 bits per heavy atom. The molecule has 1 aliphatic heterocycles. The van der Waals surface area contributed by atoms with E-state index in [9.17, 15) is 10.1 Å². The summed E-state index contributed by atoms with van der Waals surface area (Å²) < 4.78 is 0. The zero-order chi connectivity index (χ0) is 20.2. The molecule has 2 heterocycles. The molecule has 1 aromatic heterocycles. The molecule has 0 radical (unpaired) electrons. The number of nitro groups is 1. The maximum Gasteiger partial charge on any atom is 0.270 e. The monoisotopic (exact) mass is 389 g/mol. The smallest absolute Gasteiger partial charge is 0.270 e. The molecule has 1 aliphatic rings. The van der Waals surface area contributed by atoms with Gasteiger partial charge in [0, 0.05) is 54.8 Å². The van der Waals surface area contributed by atoms with E-state index in [1.54, 1.807) is 12.1 Å². The Kier molecular flexibility index (Phi) is 5.37. The van der Waals surface area contributed by atoms with Crippen LogP contribution in [-0.2, 0) is 0 Å². The number of benzene rings is 2. The van der Waals surface area contributed by atoms with Crippen LogP contribution in [0.2, 0.25) is 0 Å². The lowest BCUT2D eigenvalue weighted by molar-refractivity contribution is -0.384. The van der Waals surface area contributed by atoms with Gasteiger partial charge in [-0.15, -0.1) is 0 Å². The fraction of sp³-hybridized carbons (Fsp3) is 0.273. The highest BCUT2D eigenvalue weighted by Gasteiger charge is 2.22. The molecular weight excluding hydrogens is 366 g/mol. The van der Waals surface area contributed by atoms with Crippen LogP contribution in [0.5, 0.6) is 0 Å². The van der Waals surface area contributed by atoms with E-state index in [1.165, 1.54) is 17.8 Å². The fourth-order valence-corrected chi connectivity index (χ4v) is 3.67. The van der Waals surface area contributed by atoms with Crippen molar-refractivity contribution in [2.75, 3.05) is 29.9 Å². The number of nitrogens with one attached hydrogen (secondary N) is 1. The van der Waals surface area contributed by atoms with E-state index in [-0.39, 0.29) is 5.69 Å². The third kappa shape index (κ3) is 4.51. The lowest BCUT2D eigenvalue weighted by atomic mass is 10.1. The third-order valence-corrected chi connectivity index (χ3v) is 5.15. The first-order chi connectivity index (χ1) is 14.1. The second kappa shape index (κ2) is 8.26. The van der Waals surface area contributed by atoms with Crippen molar-refractivity contribution < 1.29 is 4.92 Å². The maximum atomic E-state index is 11.0. The molecule has 1 atom stereocenters. The van der Waals surface area contributed by atoms with Crippen molar-refractivity contribution in [3.63, 3.8) is 0 Å². The summed E-state index contributed by atoms with van der Waals surface area (Å²) in [5.41, 5.74) is 2.76. The van der Waals surface area contributed by atoms with Crippen molar-refractivity contribution in [1.29, 1.82) is 0 Å². The minimum Gasteiger partial charge on any atom is -0.371 e. The van der Waals surface area contributed by atoms with Gasteiger partial charge in [-0.05, 0) is 31.4 Å². The van der Waals surface area contributed by atoms with Crippen LogP contribution < -0.4 is 10.2 Å². The molecule has 1 N–H and O–H groups in total. The molecule has 7 nitrogen and oxygen atoms in total. The number of aryl methyl sites for hydroxylation is 1. The topological polar surface area (TPSA) is 84.2 Å². The highest BCUT2D eigenvalue weighted by molar-refractivity contribution is 5.61. The zero-order valence-corrected chi connectivity index (χ0v) is 16.3. The fourth-order valence-electron chi connectivity index (χ4n) is 3.67. The molecule has 1 saturated heterocycles. The first-order valence-corrected chi connectivity index (χ1v) is 9.73. The molecule has 0 saturated carbocycles. The maximum absolute atomic E-state index is 11.0. The molecule has 3 aromatic rings. The van der Waals surface area contributed by atoms with Crippen LogP contribution in [-0.4, -0.2) is 34.5 Å². The summed E-state index contributed by atoms with van der Waals surface area (Å²) in [6, 6.07) is 18.8. The molecule has 29 heavy (non-hydrogen) atoms. The number of rotatable bonds is 6. The number of anilines is 2. The van der Waals surface area contributed by atoms with E-state index < -0.39 is 4.92 Å². The van der Waals surface area contributed by atoms with Crippen LogP contribution >= 0.6 is 0 Å². The van der Waals surface area contributed by atoms with Gasteiger partial charge in [0.15, 0.2) is 5.82 Å². The lowest BCUT2D eigenvalue weighted by Gasteiger charge is -2.19. The van der Waals surface area contributed by atoms with Crippen LogP contribution in [0.1, 0.15) is 12.1 Å². The van der Waals surface area contributed by atoms with Crippen molar-refractivity contribution in [2.45, 2.75) is 13.3 Å². The first-order valence-electron chi connectivity index (χ1n) is 9.73. The Morgan fingerprint density at radius 1 is 1.14 bits per heavy atom. The van der Waals surface area contributed by atoms with Gasteiger partial charge in [0.25, 0.3) is 5.69 Å². The Balaban J connectivity index is 1.44. The molecule has 0 unspecified atom stereocenters. The predicted octanol–water partition coefficient (Wildman–Crippen LogP) is 4.30. The number of aromatic nitrogens is 2. The Bertz CT molecular complexity index is 1010. The molecule has 0 aliphatic carbocycles. The molecule has 0 bridgehead atoms. The number of non-ortho nitro benzene ring substituents is 1. The molecule has 148 valence electrons. The molecule has 0 amide bonds. The second-order valence-corrected chi connectivity index (χ2v) is 7.34. The van der Waals surface area contributed by atoms with Gasteiger partial charge in [-0.3, -0.25) is 10.1 Å². The van der Waals surface area contributed by atoms with Gasteiger partial charge in [-0.1, -0.05) is 30.3 Å². The summed E-state index contributed by atoms with van der Waals surface area (Å²) in [6.07, 6.45) is 1.13. The van der Waals surface area contributed by atoms with E-state index in [2.05, 4.69) is 44.5 Å². The summed E-state index contributed by atoms with van der Waals surface area (Å²) in [7, 11) is 0. The average molecular weight is 389 g/mol. The minimum absolute atomic E-state index is 0.0362. The summed E-state index contributed by atoms with van der Waals surface area (Å²) in [6.45, 7) is 4.80. The zero-order valence-electron chi connectivity index (χ0n) is 16.3. The van der Waals surface area contributed by atoms with Crippen LogP contribution in [0.25, 0.3) is 11.4 Å². The Hall–Kier alpha value is -3.48. The molecule has 4 rings (SSSR count). The van der Waals surface area contributed by atoms with E-state index in [0.29, 0.717) is 17.3 Å². The summed E-state index contributed by atoms with van der Waals surface area (Å²) in [4.78, 5) is 22.1. The highest BCUT2D eigenvalue weighted by atomic mass is 16.6. The van der Waals surface area contributed by atoms with Crippen LogP contribution in [0.4, 0.5) is 17.2 Å². The Labute approximate surface area is 169 Å². The molecule has 0 spiro atoms. The first kappa shape index (κ1) is 18.9.